The van der Waals surface area contributed by atoms with Gasteiger partial charge in [-0.15, -0.1) is 0 Å². The summed E-state index contributed by atoms with van der Waals surface area (Å²) >= 11 is 0. The van der Waals surface area contributed by atoms with E-state index in [-0.39, 0.29) is 23.3 Å². The van der Waals surface area contributed by atoms with Gasteiger partial charge in [-0.3, -0.25) is 20.2 Å². The Bertz CT molecular complexity index is 688. The van der Waals surface area contributed by atoms with E-state index in [0.29, 0.717) is 0 Å². The second-order valence-corrected chi connectivity index (χ2v) is 5.28. The zero-order valence-electron chi connectivity index (χ0n) is 13.0. The molecule has 0 aliphatic carbocycles. The number of nitrogens with one attached hydrogen (secondary N) is 2. The Morgan fingerprint density at radius 3 is 2.30 bits per heavy atom. The van der Waals surface area contributed by atoms with Crippen LogP contribution in [0.1, 0.15) is 25.5 Å². The number of nitro groups is 1. The number of nitrogens with zero attached hydrogens (tertiary/aromatic N) is 1. The number of rotatable bonds is 6. The van der Waals surface area contributed by atoms with Crippen molar-refractivity contribution in [3.8, 4) is 0 Å². The first-order valence-electron chi connectivity index (χ1n) is 7.34. The molecule has 0 radical (unpaired) electrons. The minimum Gasteiger partial charge on any atom is -0.319 e. The Hall–Kier alpha value is -2.73. The van der Waals surface area contributed by atoms with Gasteiger partial charge in [-0.05, 0) is 25.5 Å². The molecule has 6 heteroatoms. The molecule has 0 saturated carbocycles. The van der Waals surface area contributed by atoms with E-state index < -0.39 is 11.0 Å². The van der Waals surface area contributed by atoms with Gasteiger partial charge in [0.1, 0.15) is 5.69 Å². The van der Waals surface area contributed by atoms with Crippen molar-refractivity contribution in [1.82, 2.24) is 5.32 Å². The van der Waals surface area contributed by atoms with Crippen LogP contribution < -0.4 is 10.6 Å². The average molecular weight is 313 g/mol. The summed E-state index contributed by atoms with van der Waals surface area (Å²) in [5.74, 6) is -0.318. The minimum absolute atomic E-state index is 0.0114. The molecule has 0 fully saturated rings. The molecule has 0 bridgehead atoms. The van der Waals surface area contributed by atoms with Gasteiger partial charge in [0.25, 0.3) is 5.69 Å². The van der Waals surface area contributed by atoms with Gasteiger partial charge in [0, 0.05) is 12.1 Å². The molecule has 0 unspecified atom stereocenters. The van der Waals surface area contributed by atoms with E-state index in [1.165, 1.54) is 12.1 Å². The third kappa shape index (κ3) is 4.37. The van der Waals surface area contributed by atoms with Gasteiger partial charge in [-0.25, -0.2) is 0 Å². The fraction of sp³-hybridized carbons (Fsp3) is 0.235. The van der Waals surface area contributed by atoms with Crippen molar-refractivity contribution in [3.05, 3.63) is 70.3 Å². The topological polar surface area (TPSA) is 84.3 Å². The van der Waals surface area contributed by atoms with Crippen molar-refractivity contribution in [3.63, 3.8) is 0 Å². The number of hydrogen-bond acceptors (Lipinski definition) is 4. The summed E-state index contributed by atoms with van der Waals surface area (Å²) in [6.07, 6.45) is 0. The van der Waals surface area contributed by atoms with Crippen LogP contribution in [-0.2, 0) is 4.79 Å². The number of anilines is 1. The van der Waals surface area contributed by atoms with Gasteiger partial charge in [-0.1, -0.05) is 42.5 Å². The SMILES string of the molecule is C[C@H](N[C@@H](C)c1ccccc1)C(=O)Nc1ccccc1[N+](=O)[O-]. The van der Waals surface area contributed by atoms with Crippen LogP contribution in [0.25, 0.3) is 0 Å². The Labute approximate surface area is 134 Å². The van der Waals surface area contributed by atoms with Crippen LogP contribution in [0.15, 0.2) is 54.6 Å². The smallest absolute Gasteiger partial charge is 0.292 e. The molecule has 2 aromatic carbocycles. The Morgan fingerprint density at radius 2 is 1.65 bits per heavy atom. The lowest BCUT2D eigenvalue weighted by Gasteiger charge is -2.20. The van der Waals surface area contributed by atoms with E-state index in [1.54, 1.807) is 19.1 Å². The molecule has 0 aliphatic rings. The van der Waals surface area contributed by atoms with Crippen LogP contribution >= 0.6 is 0 Å². The average Bonchev–Trinajstić information content (AvgIpc) is 2.55. The van der Waals surface area contributed by atoms with Crippen molar-refractivity contribution in [2.75, 3.05) is 5.32 Å². The molecule has 2 atom stereocenters. The predicted octanol–water partition coefficient (Wildman–Crippen LogP) is 3.27. The summed E-state index contributed by atoms with van der Waals surface area (Å²) in [5.41, 5.74) is 1.14. The van der Waals surface area contributed by atoms with Crippen LogP contribution in [0.2, 0.25) is 0 Å². The maximum absolute atomic E-state index is 12.3. The minimum atomic E-state index is -0.514. The summed E-state index contributed by atoms with van der Waals surface area (Å²) in [5, 5.41) is 16.8. The monoisotopic (exact) mass is 313 g/mol. The van der Waals surface area contributed by atoms with E-state index in [0.717, 1.165) is 5.56 Å². The Balaban J connectivity index is 2.02. The zero-order chi connectivity index (χ0) is 16.8. The highest BCUT2D eigenvalue weighted by Gasteiger charge is 2.20. The largest absolute Gasteiger partial charge is 0.319 e. The molecule has 0 saturated heterocycles. The molecule has 2 aromatic rings. The van der Waals surface area contributed by atoms with Gasteiger partial charge in [0.2, 0.25) is 5.91 Å². The van der Waals surface area contributed by atoms with Gasteiger partial charge in [0.15, 0.2) is 0 Å². The molecular formula is C17H19N3O3. The number of amides is 1. The highest BCUT2D eigenvalue weighted by Crippen LogP contribution is 2.23. The number of para-hydroxylation sites is 2. The lowest BCUT2D eigenvalue weighted by molar-refractivity contribution is -0.383. The van der Waals surface area contributed by atoms with Crippen molar-refractivity contribution in [2.24, 2.45) is 0 Å². The van der Waals surface area contributed by atoms with Crippen molar-refractivity contribution >= 4 is 17.3 Å². The van der Waals surface area contributed by atoms with Gasteiger partial charge in [-0.2, -0.15) is 0 Å². The van der Waals surface area contributed by atoms with Crippen LogP contribution in [0, 0.1) is 10.1 Å². The fourth-order valence-electron chi connectivity index (χ4n) is 2.27. The molecule has 23 heavy (non-hydrogen) atoms. The quantitative estimate of drug-likeness (QED) is 0.633. The molecular weight excluding hydrogens is 294 g/mol. The second-order valence-electron chi connectivity index (χ2n) is 5.28. The Morgan fingerprint density at radius 1 is 1.04 bits per heavy atom. The number of hydrogen-bond donors (Lipinski definition) is 2. The first kappa shape index (κ1) is 16.6. The molecule has 2 N–H and O–H groups in total. The maximum atomic E-state index is 12.3. The summed E-state index contributed by atoms with van der Waals surface area (Å²) in [7, 11) is 0. The summed E-state index contributed by atoms with van der Waals surface area (Å²) in [6.45, 7) is 3.69. The predicted molar refractivity (Wildman–Crippen MR) is 89.2 cm³/mol. The fourth-order valence-corrected chi connectivity index (χ4v) is 2.27. The van der Waals surface area contributed by atoms with Crippen LogP contribution in [-0.4, -0.2) is 16.9 Å². The highest BCUT2D eigenvalue weighted by molar-refractivity contribution is 5.96. The number of carbonyl (C=O) groups is 1. The zero-order valence-corrected chi connectivity index (χ0v) is 13.0. The third-order valence-electron chi connectivity index (χ3n) is 3.55. The van der Waals surface area contributed by atoms with Gasteiger partial charge in [0.05, 0.1) is 11.0 Å². The summed E-state index contributed by atoms with van der Waals surface area (Å²) in [6, 6.07) is 15.3. The van der Waals surface area contributed by atoms with Crippen molar-refractivity contribution in [1.29, 1.82) is 0 Å². The standard InChI is InChI=1S/C17H19N3O3/c1-12(14-8-4-3-5-9-14)18-13(2)17(21)19-15-10-6-7-11-16(15)20(22)23/h3-13,18H,1-2H3,(H,19,21)/t12-,13-/m0/s1. The molecule has 1 amide bonds. The van der Waals surface area contributed by atoms with Gasteiger partial charge < -0.3 is 5.32 Å². The number of carbonyl (C=O) groups excluding carboxylic acids is 1. The van der Waals surface area contributed by atoms with Crippen LogP contribution in [0.3, 0.4) is 0 Å². The second kappa shape index (κ2) is 7.51. The lowest BCUT2D eigenvalue weighted by Crippen LogP contribution is -2.39. The Kier molecular flexibility index (Phi) is 5.43. The molecule has 6 nitrogen and oxygen atoms in total. The lowest BCUT2D eigenvalue weighted by atomic mass is 10.1. The molecule has 2 rings (SSSR count). The number of benzene rings is 2. The van der Waals surface area contributed by atoms with E-state index in [1.807, 2.05) is 37.3 Å². The normalized spacial score (nSPS) is 13.1. The molecule has 0 heterocycles. The van der Waals surface area contributed by atoms with Gasteiger partial charge >= 0.3 is 0 Å². The van der Waals surface area contributed by atoms with Crippen molar-refractivity contribution < 1.29 is 9.72 Å². The van der Waals surface area contributed by atoms with E-state index >= 15 is 0 Å². The summed E-state index contributed by atoms with van der Waals surface area (Å²) in [4.78, 5) is 22.7. The molecule has 120 valence electrons. The van der Waals surface area contributed by atoms with Crippen LogP contribution in [0.4, 0.5) is 11.4 Å². The third-order valence-corrected chi connectivity index (χ3v) is 3.55. The first-order chi connectivity index (χ1) is 11.0. The molecule has 0 aromatic heterocycles. The van der Waals surface area contributed by atoms with E-state index in [4.69, 9.17) is 0 Å². The van der Waals surface area contributed by atoms with Crippen molar-refractivity contribution in [2.45, 2.75) is 25.9 Å². The number of nitro benzene ring substituents is 1. The van der Waals surface area contributed by atoms with E-state index in [9.17, 15) is 14.9 Å². The molecule has 0 spiro atoms. The maximum Gasteiger partial charge on any atom is 0.292 e. The van der Waals surface area contributed by atoms with Crippen LogP contribution in [0.5, 0.6) is 0 Å². The molecule has 0 aliphatic heterocycles. The van der Waals surface area contributed by atoms with E-state index in [2.05, 4.69) is 10.6 Å². The summed E-state index contributed by atoms with van der Waals surface area (Å²) < 4.78 is 0. The first-order valence-corrected chi connectivity index (χ1v) is 7.34. The highest BCUT2D eigenvalue weighted by atomic mass is 16.6.